The SMILES string of the molecule is CCC[C@H](C)C(=O)Nc1cccc(C(C)=O)c1. The minimum Gasteiger partial charge on any atom is -0.326 e. The maximum atomic E-state index is 11.8. The van der Waals surface area contributed by atoms with Crippen molar-refractivity contribution in [1.82, 2.24) is 0 Å². The zero-order chi connectivity index (χ0) is 12.8. The van der Waals surface area contributed by atoms with Gasteiger partial charge in [0.2, 0.25) is 5.91 Å². The predicted molar refractivity (Wildman–Crippen MR) is 69.1 cm³/mol. The highest BCUT2D eigenvalue weighted by atomic mass is 16.1. The van der Waals surface area contributed by atoms with Crippen LogP contribution >= 0.6 is 0 Å². The topological polar surface area (TPSA) is 46.2 Å². The van der Waals surface area contributed by atoms with Gasteiger partial charge in [0.05, 0.1) is 0 Å². The van der Waals surface area contributed by atoms with Gasteiger partial charge in [-0.05, 0) is 25.5 Å². The van der Waals surface area contributed by atoms with Crippen molar-refractivity contribution in [2.45, 2.75) is 33.6 Å². The van der Waals surface area contributed by atoms with Gasteiger partial charge in [0.15, 0.2) is 5.78 Å². The molecule has 1 N–H and O–H groups in total. The molecular weight excluding hydrogens is 214 g/mol. The van der Waals surface area contributed by atoms with Crippen molar-refractivity contribution in [2.75, 3.05) is 5.32 Å². The summed E-state index contributed by atoms with van der Waals surface area (Å²) in [6.45, 7) is 5.48. The fourth-order valence-corrected chi connectivity index (χ4v) is 1.65. The van der Waals surface area contributed by atoms with E-state index in [1.54, 1.807) is 24.3 Å². The number of anilines is 1. The van der Waals surface area contributed by atoms with Gasteiger partial charge in [0, 0.05) is 17.2 Å². The van der Waals surface area contributed by atoms with Gasteiger partial charge in [-0.25, -0.2) is 0 Å². The second kappa shape index (κ2) is 6.18. The lowest BCUT2D eigenvalue weighted by Crippen LogP contribution is -2.20. The van der Waals surface area contributed by atoms with Crippen LogP contribution < -0.4 is 5.32 Å². The molecule has 0 aromatic heterocycles. The molecule has 0 saturated heterocycles. The summed E-state index contributed by atoms with van der Waals surface area (Å²) in [5, 5.41) is 2.83. The van der Waals surface area contributed by atoms with Gasteiger partial charge < -0.3 is 5.32 Å². The Labute approximate surface area is 102 Å². The van der Waals surface area contributed by atoms with Crippen molar-refractivity contribution < 1.29 is 9.59 Å². The Balaban J connectivity index is 2.71. The molecule has 0 aliphatic heterocycles. The van der Waals surface area contributed by atoms with Crippen LogP contribution in [0.15, 0.2) is 24.3 Å². The normalized spacial score (nSPS) is 11.9. The minimum atomic E-state index is 0.000911. The van der Waals surface area contributed by atoms with Crippen LogP contribution in [-0.2, 0) is 4.79 Å². The number of carbonyl (C=O) groups is 2. The summed E-state index contributed by atoms with van der Waals surface area (Å²) in [4.78, 5) is 23.0. The number of hydrogen-bond acceptors (Lipinski definition) is 2. The number of carbonyl (C=O) groups excluding carboxylic acids is 2. The lowest BCUT2D eigenvalue weighted by molar-refractivity contribution is -0.119. The van der Waals surface area contributed by atoms with E-state index in [4.69, 9.17) is 0 Å². The number of benzene rings is 1. The van der Waals surface area contributed by atoms with E-state index in [0.29, 0.717) is 11.3 Å². The van der Waals surface area contributed by atoms with Gasteiger partial charge in [-0.15, -0.1) is 0 Å². The van der Waals surface area contributed by atoms with Gasteiger partial charge >= 0.3 is 0 Å². The molecule has 0 spiro atoms. The van der Waals surface area contributed by atoms with Crippen molar-refractivity contribution in [2.24, 2.45) is 5.92 Å². The number of rotatable bonds is 5. The molecule has 1 rings (SSSR count). The van der Waals surface area contributed by atoms with Crippen LogP contribution in [0.3, 0.4) is 0 Å². The van der Waals surface area contributed by atoms with E-state index in [9.17, 15) is 9.59 Å². The summed E-state index contributed by atoms with van der Waals surface area (Å²) in [7, 11) is 0. The Morgan fingerprint density at radius 2 is 2.06 bits per heavy atom. The van der Waals surface area contributed by atoms with Crippen LogP contribution in [0.2, 0.25) is 0 Å². The van der Waals surface area contributed by atoms with E-state index in [0.717, 1.165) is 12.8 Å². The summed E-state index contributed by atoms with van der Waals surface area (Å²) in [5.74, 6) is 0.0104. The Bertz CT molecular complexity index is 412. The van der Waals surface area contributed by atoms with E-state index < -0.39 is 0 Å². The summed E-state index contributed by atoms with van der Waals surface area (Å²) < 4.78 is 0. The molecule has 3 nitrogen and oxygen atoms in total. The molecule has 1 aromatic carbocycles. The number of amides is 1. The zero-order valence-electron chi connectivity index (χ0n) is 10.6. The highest BCUT2D eigenvalue weighted by molar-refractivity contribution is 5.97. The number of Topliss-reactive ketones (excluding diaryl/α,β-unsaturated/α-hetero) is 1. The Morgan fingerprint density at radius 1 is 1.35 bits per heavy atom. The molecule has 1 atom stereocenters. The fraction of sp³-hybridized carbons (Fsp3) is 0.429. The van der Waals surface area contributed by atoms with Crippen LogP contribution in [-0.4, -0.2) is 11.7 Å². The molecule has 0 heterocycles. The highest BCUT2D eigenvalue weighted by Gasteiger charge is 2.12. The molecule has 92 valence electrons. The molecular formula is C14H19NO2. The molecule has 1 amide bonds. The van der Waals surface area contributed by atoms with Gasteiger partial charge in [0.25, 0.3) is 0 Å². The largest absolute Gasteiger partial charge is 0.326 e. The average molecular weight is 233 g/mol. The lowest BCUT2D eigenvalue weighted by atomic mass is 10.1. The Kier molecular flexibility index (Phi) is 4.88. The van der Waals surface area contributed by atoms with E-state index in [-0.39, 0.29) is 17.6 Å². The van der Waals surface area contributed by atoms with Gasteiger partial charge in [-0.3, -0.25) is 9.59 Å². The van der Waals surface area contributed by atoms with Crippen LogP contribution in [0.4, 0.5) is 5.69 Å². The van der Waals surface area contributed by atoms with E-state index in [1.807, 2.05) is 6.92 Å². The summed E-state index contributed by atoms with van der Waals surface area (Å²) in [6.07, 6.45) is 1.86. The smallest absolute Gasteiger partial charge is 0.227 e. The highest BCUT2D eigenvalue weighted by Crippen LogP contribution is 2.14. The first-order valence-corrected chi connectivity index (χ1v) is 5.96. The van der Waals surface area contributed by atoms with Crippen LogP contribution in [0.5, 0.6) is 0 Å². The third-order valence-electron chi connectivity index (χ3n) is 2.71. The second-order valence-electron chi connectivity index (χ2n) is 4.32. The molecule has 1 aromatic rings. The van der Waals surface area contributed by atoms with Crippen molar-refractivity contribution in [3.05, 3.63) is 29.8 Å². The Morgan fingerprint density at radius 3 is 2.65 bits per heavy atom. The third-order valence-corrected chi connectivity index (χ3v) is 2.71. The third kappa shape index (κ3) is 4.02. The maximum absolute atomic E-state index is 11.8. The van der Waals surface area contributed by atoms with Crippen LogP contribution in [0, 0.1) is 5.92 Å². The van der Waals surface area contributed by atoms with E-state index in [2.05, 4.69) is 12.2 Å². The quantitative estimate of drug-likeness (QED) is 0.793. The summed E-state index contributed by atoms with van der Waals surface area (Å²) in [6, 6.07) is 7.02. The molecule has 0 fully saturated rings. The average Bonchev–Trinajstić information content (AvgIpc) is 2.29. The molecule has 0 unspecified atom stereocenters. The van der Waals surface area contributed by atoms with Gasteiger partial charge in [-0.1, -0.05) is 32.4 Å². The molecule has 0 aliphatic rings. The first-order valence-electron chi connectivity index (χ1n) is 5.96. The zero-order valence-corrected chi connectivity index (χ0v) is 10.6. The molecule has 0 bridgehead atoms. The fourth-order valence-electron chi connectivity index (χ4n) is 1.65. The predicted octanol–water partition coefficient (Wildman–Crippen LogP) is 3.26. The minimum absolute atomic E-state index is 0.000911. The monoisotopic (exact) mass is 233 g/mol. The van der Waals surface area contributed by atoms with Crippen molar-refractivity contribution >= 4 is 17.4 Å². The first-order chi connectivity index (χ1) is 8.04. The lowest BCUT2D eigenvalue weighted by Gasteiger charge is -2.11. The Hall–Kier alpha value is -1.64. The second-order valence-corrected chi connectivity index (χ2v) is 4.32. The maximum Gasteiger partial charge on any atom is 0.227 e. The molecule has 0 aliphatic carbocycles. The van der Waals surface area contributed by atoms with Gasteiger partial charge in [0.1, 0.15) is 0 Å². The first kappa shape index (κ1) is 13.4. The molecule has 0 radical (unpaired) electrons. The number of ketones is 1. The van der Waals surface area contributed by atoms with Crippen LogP contribution in [0.1, 0.15) is 44.0 Å². The molecule has 0 saturated carbocycles. The number of nitrogens with one attached hydrogen (secondary N) is 1. The van der Waals surface area contributed by atoms with E-state index >= 15 is 0 Å². The number of hydrogen-bond donors (Lipinski definition) is 1. The van der Waals surface area contributed by atoms with Crippen LogP contribution in [0.25, 0.3) is 0 Å². The van der Waals surface area contributed by atoms with Crippen molar-refractivity contribution in [3.63, 3.8) is 0 Å². The summed E-state index contributed by atoms with van der Waals surface area (Å²) in [5.41, 5.74) is 1.30. The summed E-state index contributed by atoms with van der Waals surface area (Å²) >= 11 is 0. The standard InChI is InChI=1S/C14H19NO2/c1-4-6-10(2)14(17)15-13-8-5-7-12(9-13)11(3)16/h5,7-10H,4,6H2,1-3H3,(H,15,17)/t10-/m0/s1. The molecule has 17 heavy (non-hydrogen) atoms. The molecule has 3 heteroatoms. The van der Waals surface area contributed by atoms with Crippen molar-refractivity contribution in [1.29, 1.82) is 0 Å². The van der Waals surface area contributed by atoms with Gasteiger partial charge in [-0.2, -0.15) is 0 Å². The van der Waals surface area contributed by atoms with E-state index in [1.165, 1.54) is 6.92 Å². The van der Waals surface area contributed by atoms with Crippen molar-refractivity contribution in [3.8, 4) is 0 Å².